The Morgan fingerprint density at radius 2 is 1.90 bits per heavy atom. The summed E-state index contributed by atoms with van der Waals surface area (Å²) >= 11 is 0. The molecule has 1 aromatic heterocycles. The van der Waals surface area contributed by atoms with E-state index in [-0.39, 0.29) is 11.3 Å². The minimum Gasteiger partial charge on any atom is -0.481 e. The van der Waals surface area contributed by atoms with Crippen molar-refractivity contribution in [3.63, 3.8) is 0 Å². The zero-order valence-electron chi connectivity index (χ0n) is 18.9. The smallest absolute Gasteiger partial charge is 0.307 e. The molecule has 1 aliphatic carbocycles. The highest BCUT2D eigenvalue weighted by molar-refractivity contribution is 5.72. The van der Waals surface area contributed by atoms with E-state index in [2.05, 4.69) is 15.0 Å². The Bertz CT molecular complexity index is 658. The van der Waals surface area contributed by atoms with E-state index in [1.165, 1.54) is 38.5 Å². The third-order valence-electron chi connectivity index (χ3n) is 6.72. The molecular weight excluding hydrogens is 382 g/mol. The normalized spacial score (nSPS) is 21.4. The Balaban J connectivity index is 1.70. The summed E-state index contributed by atoms with van der Waals surface area (Å²) in [4.78, 5) is 19.1. The van der Waals surface area contributed by atoms with Crippen LogP contribution >= 0.6 is 0 Å². The molecule has 1 unspecified atom stereocenters. The van der Waals surface area contributed by atoms with E-state index in [0.717, 1.165) is 45.1 Å². The molecule has 0 spiro atoms. The number of carboxylic acid groups (broad SMARTS) is 1. The Hall–Kier alpha value is -1.47. The minimum atomic E-state index is -0.780. The quantitative estimate of drug-likeness (QED) is 0.629. The molecule has 30 heavy (non-hydrogen) atoms. The number of carbonyl (C=O) groups is 1. The molecule has 7 nitrogen and oxygen atoms in total. The van der Waals surface area contributed by atoms with Crippen LogP contribution in [0.1, 0.15) is 89.8 Å². The first-order valence-corrected chi connectivity index (χ1v) is 11.7. The van der Waals surface area contributed by atoms with Crippen LogP contribution in [-0.4, -0.2) is 52.4 Å². The van der Waals surface area contributed by atoms with Crippen molar-refractivity contribution < 1.29 is 19.2 Å². The lowest BCUT2D eigenvalue weighted by Crippen LogP contribution is -2.36. The van der Waals surface area contributed by atoms with Gasteiger partial charge in [0.1, 0.15) is 0 Å². The lowest BCUT2D eigenvalue weighted by molar-refractivity contribution is -0.147. The van der Waals surface area contributed by atoms with Gasteiger partial charge in [0.2, 0.25) is 5.89 Å². The van der Waals surface area contributed by atoms with Gasteiger partial charge < -0.3 is 14.4 Å². The molecule has 3 rings (SSSR count). The highest BCUT2D eigenvalue weighted by atomic mass is 16.5. The fourth-order valence-electron chi connectivity index (χ4n) is 5.12. The van der Waals surface area contributed by atoms with Crippen molar-refractivity contribution in [2.24, 2.45) is 17.3 Å². The summed E-state index contributed by atoms with van der Waals surface area (Å²) in [5, 5.41) is 14.2. The van der Waals surface area contributed by atoms with E-state index in [1.807, 2.05) is 20.8 Å². The first-order chi connectivity index (χ1) is 14.3. The Kier molecular flexibility index (Phi) is 8.28. The fourth-order valence-corrected chi connectivity index (χ4v) is 5.12. The summed E-state index contributed by atoms with van der Waals surface area (Å²) in [5.41, 5.74) is -0.389. The zero-order valence-corrected chi connectivity index (χ0v) is 18.9. The summed E-state index contributed by atoms with van der Waals surface area (Å²) < 4.78 is 11.1. The molecular formula is C23H39N3O4. The molecule has 1 N–H and O–H groups in total. The van der Waals surface area contributed by atoms with Crippen LogP contribution in [0, 0.1) is 17.3 Å². The molecule has 2 aliphatic rings. The molecule has 0 aromatic carbocycles. The number of nitrogens with zero attached hydrogens (tertiary/aromatic N) is 3. The summed E-state index contributed by atoms with van der Waals surface area (Å²) in [6, 6.07) is 0. The van der Waals surface area contributed by atoms with Gasteiger partial charge in [-0.05, 0) is 17.8 Å². The molecule has 1 aromatic rings. The van der Waals surface area contributed by atoms with Crippen LogP contribution in [0.4, 0.5) is 0 Å². The predicted molar refractivity (Wildman–Crippen MR) is 114 cm³/mol. The van der Waals surface area contributed by atoms with Crippen molar-refractivity contribution in [3.05, 3.63) is 11.7 Å². The van der Waals surface area contributed by atoms with E-state index in [9.17, 15) is 9.90 Å². The second-order valence-electron chi connectivity index (χ2n) is 10.2. The largest absolute Gasteiger partial charge is 0.481 e. The summed E-state index contributed by atoms with van der Waals surface area (Å²) in [5.74, 6) is 0.332. The van der Waals surface area contributed by atoms with Gasteiger partial charge in [-0.15, -0.1) is 0 Å². The standard InChI is InChI=1S/C23H39N3O4/c1-23(2,3)20(22(27)28)18(11-7-10-17-8-5-4-6-9-17)21-24-19(25-30-21)16-26-12-14-29-15-13-26/h17-18,20H,4-16H2,1-3H3,(H,27,28)/t18-,20?/m1/s1. The highest BCUT2D eigenvalue weighted by Crippen LogP contribution is 2.41. The van der Waals surface area contributed by atoms with Gasteiger partial charge in [-0.1, -0.05) is 70.9 Å². The van der Waals surface area contributed by atoms with Gasteiger partial charge in [0.25, 0.3) is 0 Å². The maximum Gasteiger partial charge on any atom is 0.307 e. The van der Waals surface area contributed by atoms with Gasteiger partial charge in [-0.2, -0.15) is 4.98 Å². The van der Waals surface area contributed by atoms with Gasteiger partial charge in [-0.25, -0.2) is 0 Å². The van der Waals surface area contributed by atoms with Crippen LogP contribution in [0.25, 0.3) is 0 Å². The first-order valence-electron chi connectivity index (χ1n) is 11.7. The summed E-state index contributed by atoms with van der Waals surface area (Å²) in [6.45, 7) is 9.75. The van der Waals surface area contributed by atoms with Crippen molar-refractivity contribution in [1.82, 2.24) is 15.0 Å². The molecule has 0 radical (unpaired) electrons. The number of aromatic nitrogens is 2. The van der Waals surface area contributed by atoms with Crippen LogP contribution in [0.15, 0.2) is 4.52 Å². The van der Waals surface area contributed by atoms with E-state index < -0.39 is 11.9 Å². The average Bonchev–Trinajstić information content (AvgIpc) is 3.15. The van der Waals surface area contributed by atoms with Crippen LogP contribution in [0.5, 0.6) is 0 Å². The Labute approximate surface area is 180 Å². The number of ether oxygens (including phenoxy) is 1. The van der Waals surface area contributed by atoms with Gasteiger partial charge in [-0.3, -0.25) is 9.69 Å². The van der Waals surface area contributed by atoms with Crippen LogP contribution in [0.2, 0.25) is 0 Å². The maximum atomic E-state index is 12.2. The minimum absolute atomic E-state index is 0.253. The monoisotopic (exact) mass is 421 g/mol. The molecule has 7 heteroatoms. The number of hydrogen-bond acceptors (Lipinski definition) is 6. The number of carboxylic acids is 1. The van der Waals surface area contributed by atoms with Gasteiger partial charge in [0, 0.05) is 13.1 Å². The van der Waals surface area contributed by atoms with Crippen molar-refractivity contribution >= 4 is 5.97 Å². The van der Waals surface area contributed by atoms with Crippen molar-refractivity contribution in [2.45, 2.75) is 84.6 Å². The maximum absolute atomic E-state index is 12.2. The van der Waals surface area contributed by atoms with Gasteiger partial charge in [0.05, 0.1) is 31.6 Å². The molecule has 2 fully saturated rings. The molecule has 0 amide bonds. The molecule has 170 valence electrons. The third-order valence-corrected chi connectivity index (χ3v) is 6.72. The second-order valence-corrected chi connectivity index (χ2v) is 10.2. The van der Waals surface area contributed by atoms with E-state index in [0.29, 0.717) is 18.3 Å². The number of aliphatic carboxylic acids is 1. The lowest BCUT2D eigenvalue weighted by atomic mass is 9.71. The van der Waals surface area contributed by atoms with Gasteiger partial charge in [0.15, 0.2) is 5.82 Å². The van der Waals surface area contributed by atoms with E-state index >= 15 is 0 Å². The molecule has 0 bridgehead atoms. The molecule has 1 aliphatic heterocycles. The topological polar surface area (TPSA) is 88.7 Å². The Morgan fingerprint density at radius 3 is 2.53 bits per heavy atom. The zero-order chi connectivity index (χ0) is 21.6. The molecule has 1 saturated heterocycles. The SMILES string of the molecule is CC(C)(C)C(C(=O)O)[C@@H](CCCC1CCCCC1)c1nc(CN2CCOCC2)no1. The number of morpholine rings is 1. The fraction of sp³-hybridized carbons (Fsp3) is 0.870. The van der Waals surface area contributed by atoms with E-state index in [4.69, 9.17) is 9.26 Å². The van der Waals surface area contributed by atoms with Gasteiger partial charge >= 0.3 is 5.97 Å². The van der Waals surface area contributed by atoms with Crippen molar-refractivity contribution in [2.75, 3.05) is 26.3 Å². The van der Waals surface area contributed by atoms with Crippen LogP contribution < -0.4 is 0 Å². The second kappa shape index (κ2) is 10.7. The van der Waals surface area contributed by atoms with Crippen molar-refractivity contribution in [1.29, 1.82) is 0 Å². The first kappa shape index (κ1) is 23.2. The lowest BCUT2D eigenvalue weighted by Gasteiger charge is -2.32. The number of rotatable bonds is 9. The van der Waals surface area contributed by atoms with Crippen LogP contribution in [-0.2, 0) is 16.1 Å². The summed E-state index contributed by atoms with van der Waals surface area (Å²) in [7, 11) is 0. The van der Waals surface area contributed by atoms with E-state index in [1.54, 1.807) is 0 Å². The Morgan fingerprint density at radius 1 is 1.20 bits per heavy atom. The third kappa shape index (κ3) is 6.51. The molecule has 2 atom stereocenters. The van der Waals surface area contributed by atoms with Crippen molar-refractivity contribution in [3.8, 4) is 0 Å². The average molecular weight is 422 g/mol. The molecule has 1 saturated carbocycles. The number of hydrogen-bond donors (Lipinski definition) is 1. The summed E-state index contributed by atoms with van der Waals surface area (Å²) in [6.07, 6.45) is 9.62. The predicted octanol–water partition coefficient (Wildman–Crippen LogP) is 4.48. The molecule has 2 heterocycles. The van der Waals surface area contributed by atoms with Crippen LogP contribution in [0.3, 0.4) is 0 Å². The highest BCUT2D eigenvalue weighted by Gasteiger charge is 2.41.